The molecule has 1 N–H and O–H groups in total. The predicted molar refractivity (Wildman–Crippen MR) is 72.9 cm³/mol. The van der Waals surface area contributed by atoms with Gasteiger partial charge in [-0.1, -0.05) is 12.1 Å². The number of nitriles is 1. The molecule has 2 rings (SSSR count). The Labute approximate surface area is 118 Å². The van der Waals surface area contributed by atoms with Crippen LogP contribution >= 0.6 is 0 Å². The lowest BCUT2D eigenvalue weighted by Gasteiger charge is -2.37. The first-order valence-corrected chi connectivity index (χ1v) is 6.65. The number of amides is 1. The van der Waals surface area contributed by atoms with Crippen molar-refractivity contribution >= 4 is 5.91 Å². The Morgan fingerprint density at radius 3 is 2.80 bits per heavy atom. The molecule has 0 saturated carbocycles. The van der Waals surface area contributed by atoms with E-state index in [-0.39, 0.29) is 24.7 Å². The van der Waals surface area contributed by atoms with E-state index in [2.05, 4.69) is 6.07 Å². The standard InChI is InChI=1S/C15H18N2O3/c1-11-10-20-14(9-18)8-17(11)15(19)6-12-2-4-13(7-16)5-3-12/h2-5,11,14,18H,6,8-10H2,1H3. The summed E-state index contributed by atoms with van der Waals surface area (Å²) in [6.07, 6.45) is 0.00453. The van der Waals surface area contributed by atoms with Crippen LogP contribution in [0.5, 0.6) is 0 Å². The summed E-state index contributed by atoms with van der Waals surface area (Å²) in [7, 11) is 0. The van der Waals surface area contributed by atoms with Gasteiger partial charge in [0.05, 0.1) is 43.4 Å². The largest absolute Gasteiger partial charge is 0.394 e. The maximum atomic E-state index is 12.3. The summed E-state index contributed by atoms with van der Waals surface area (Å²) >= 11 is 0. The van der Waals surface area contributed by atoms with Gasteiger partial charge in [0.15, 0.2) is 0 Å². The number of rotatable bonds is 3. The van der Waals surface area contributed by atoms with Crippen molar-refractivity contribution in [3.05, 3.63) is 35.4 Å². The van der Waals surface area contributed by atoms with E-state index >= 15 is 0 Å². The molecule has 0 aliphatic carbocycles. The van der Waals surface area contributed by atoms with Gasteiger partial charge < -0.3 is 14.7 Å². The first-order valence-electron chi connectivity index (χ1n) is 6.65. The molecule has 106 valence electrons. The number of carbonyl (C=O) groups is 1. The fraction of sp³-hybridized carbons (Fsp3) is 0.467. The van der Waals surface area contributed by atoms with E-state index < -0.39 is 0 Å². The molecule has 2 unspecified atom stereocenters. The average molecular weight is 274 g/mol. The summed E-state index contributed by atoms with van der Waals surface area (Å²) in [6, 6.07) is 9.08. The van der Waals surface area contributed by atoms with E-state index in [0.717, 1.165) is 5.56 Å². The van der Waals surface area contributed by atoms with Crippen LogP contribution in [0.4, 0.5) is 0 Å². The summed E-state index contributed by atoms with van der Waals surface area (Å²) in [5, 5.41) is 17.9. The van der Waals surface area contributed by atoms with Gasteiger partial charge in [-0.2, -0.15) is 5.26 Å². The number of morpholine rings is 1. The Balaban J connectivity index is 2.01. The third-order valence-corrected chi connectivity index (χ3v) is 3.47. The highest BCUT2D eigenvalue weighted by Crippen LogP contribution is 2.14. The summed E-state index contributed by atoms with van der Waals surface area (Å²) in [4.78, 5) is 14.1. The Morgan fingerprint density at radius 1 is 1.50 bits per heavy atom. The van der Waals surface area contributed by atoms with E-state index in [1.807, 2.05) is 6.92 Å². The van der Waals surface area contributed by atoms with Crippen LogP contribution in [-0.2, 0) is 16.0 Å². The molecular weight excluding hydrogens is 256 g/mol. The van der Waals surface area contributed by atoms with Crippen LogP contribution in [0, 0.1) is 11.3 Å². The predicted octanol–water partition coefficient (Wildman–Crippen LogP) is 0.709. The average Bonchev–Trinajstić information content (AvgIpc) is 2.48. The fourth-order valence-corrected chi connectivity index (χ4v) is 2.25. The van der Waals surface area contributed by atoms with Gasteiger partial charge in [0, 0.05) is 6.54 Å². The van der Waals surface area contributed by atoms with Crippen molar-refractivity contribution in [3.8, 4) is 6.07 Å². The second-order valence-corrected chi connectivity index (χ2v) is 5.02. The summed E-state index contributed by atoms with van der Waals surface area (Å²) in [6.45, 7) is 2.73. The zero-order chi connectivity index (χ0) is 14.5. The minimum atomic E-state index is -0.295. The number of ether oxygens (including phenoxy) is 1. The van der Waals surface area contributed by atoms with Crippen LogP contribution in [0.2, 0.25) is 0 Å². The van der Waals surface area contributed by atoms with Crippen LogP contribution < -0.4 is 0 Å². The molecule has 1 aliphatic rings. The van der Waals surface area contributed by atoms with Gasteiger partial charge in [-0.25, -0.2) is 0 Å². The number of aliphatic hydroxyl groups excluding tert-OH is 1. The quantitative estimate of drug-likeness (QED) is 0.881. The minimum Gasteiger partial charge on any atom is -0.394 e. The molecule has 0 bridgehead atoms. The zero-order valence-electron chi connectivity index (χ0n) is 11.5. The highest BCUT2D eigenvalue weighted by atomic mass is 16.5. The lowest BCUT2D eigenvalue weighted by atomic mass is 10.1. The second-order valence-electron chi connectivity index (χ2n) is 5.02. The van der Waals surface area contributed by atoms with E-state index in [0.29, 0.717) is 25.1 Å². The highest BCUT2D eigenvalue weighted by molar-refractivity contribution is 5.79. The lowest BCUT2D eigenvalue weighted by molar-refractivity contribution is -0.145. The van der Waals surface area contributed by atoms with Gasteiger partial charge in [-0.15, -0.1) is 0 Å². The van der Waals surface area contributed by atoms with Gasteiger partial charge in [0.25, 0.3) is 0 Å². The summed E-state index contributed by atoms with van der Waals surface area (Å²) in [5.41, 5.74) is 1.47. The van der Waals surface area contributed by atoms with Crippen molar-refractivity contribution in [2.24, 2.45) is 0 Å². The first-order chi connectivity index (χ1) is 9.63. The Bertz CT molecular complexity index is 507. The molecule has 20 heavy (non-hydrogen) atoms. The topological polar surface area (TPSA) is 73.6 Å². The van der Waals surface area contributed by atoms with Crippen molar-refractivity contribution in [2.75, 3.05) is 19.8 Å². The van der Waals surface area contributed by atoms with E-state index in [1.165, 1.54) is 0 Å². The monoisotopic (exact) mass is 274 g/mol. The maximum absolute atomic E-state index is 12.3. The molecule has 2 atom stereocenters. The molecule has 0 radical (unpaired) electrons. The second kappa shape index (κ2) is 6.51. The number of hydrogen-bond acceptors (Lipinski definition) is 4. The van der Waals surface area contributed by atoms with Gasteiger partial charge in [0.1, 0.15) is 0 Å². The van der Waals surface area contributed by atoms with Gasteiger partial charge in [0.2, 0.25) is 5.91 Å². The molecule has 5 nitrogen and oxygen atoms in total. The first kappa shape index (κ1) is 14.5. The van der Waals surface area contributed by atoms with Crippen molar-refractivity contribution < 1.29 is 14.6 Å². The minimum absolute atomic E-state index is 0.0173. The number of aliphatic hydroxyl groups is 1. The Hall–Kier alpha value is -1.90. The third-order valence-electron chi connectivity index (χ3n) is 3.47. The lowest BCUT2D eigenvalue weighted by Crippen LogP contribution is -2.52. The van der Waals surface area contributed by atoms with E-state index in [1.54, 1.807) is 29.2 Å². The zero-order valence-corrected chi connectivity index (χ0v) is 11.5. The fourth-order valence-electron chi connectivity index (χ4n) is 2.25. The van der Waals surface area contributed by atoms with Crippen LogP contribution in [0.15, 0.2) is 24.3 Å². The Morgan fingerprint density at radius 2 is 2.20 bits per heavy atom. The molecule has 1 aromatic carbocycles. The van der Waals surface area contributed by atoms with Crippen LogP contribution in [-0.4, -0.2) is 47.8 Å². The smallest absolute Gasteiger partial charge is 0.227 e. The van der Waals surface area contributed by atoms with Gasteiger partial charge in [-0.05, 0) is 24.6 Å². The molecule has 5 heteroatoms. The van der Waals surface area contributed by atoms with Crippen molar-refractivity contribution in [3.63, 3.8) is 0 Å². The summed E-state index contributed by atoms with van der Waals surface area (Å²) < 4.78 is 5.42. The molecule has 1 aromatic rings. The number of carbonyl (C=O) groups excluding carboxylic acids is 1. The normalized spacial score (nSPS) is 22.4. The molecule has 1 fully saturated rings. The number of hydrogen-bond donors (Lipinski definition) is 1. The molecule has 1 saturated heterocycles. The molecule has 0 aromatic heterocycles. The van der Waals surface area contributed by atoms with E-state index in [4.69, 9.17) is 15.1 Å². The molecular formula is C15H18N2O3. The van der Waals surface area contributed by atoms with Crippen LogP contribution in [0.1, 0.15) is 18.1 Å². The molecule has 1 aliphatic heterocycles. The molecule has 0 spiro atoms. The van der Waals surface area contributed by atoms with Crippen LogP contribution in [0.3, 0.4) is 0 Å². The van der Waals surface area contributed by atoms with Crippen LogP contribution in [0.25, 0.3) is 0 Å². The third kappa shape index (κ3) is 3.35. The van der Waals surface area contributed by atoms with Crippen molar-refractivity contribution in [2.45, 2.75) is 25.5 Å². The maximum Gasteiger partial charge on any atom is 0.227 e. The van der Waals surface area contributed by atoms with Crippen molar-refractivity contribution in [1.82, 2.24) is 4.90 Å². The van der Waals surface area contributed by atoms with Gasteiger partial charge in [-0.3, -0.25) is 4.79 Å². The van der Waals surface area contributed by atoms with E-state index in [9.17, 15) is 4.79 Å². The molecule has 1 amide bonds. The highest BCUT2D eigenvalue weighted by Gasteiger charge is 2.28. The number of benzene rings is 1. The van der Waals surface area contributed by atoms with Gasteiger partial charge >= 0.3 is 0 Å². The number of nitrogens with zero attached hydrogens (tertiary/aromatic N) is 2. The Kier molecular flexibility index (Phi) is 4.72. The SMILES string of the molecule is CC1COC(CO)CN1C(=O)Cc1ccc(C#N)cc1. The van der Waals surface area contributed by atoms with Crippen molar-refractivity contribution in [1.29, 1.82) is 5.26 Å². The molecule has 1 heterocycles. The summed E-state index contributed by atoms with van der Waals surface area (Å²) in [5.74, 6) is 0.0176.